The van der Waals surface area contributed by atoms with Gasteiger partial charge in [-0.15, -0.1) is 11.3 Å². The van der Waals surface area contributed by atoms with Crippen LogP contribution in [0.5, 0.6) is 5.75 Å². The van der Waals surface area contributed by atoms with E-state index in [0.29, 0.717) is 53.7 Å². The fraction of sp³-hybridized carbons (Fsp3) is 0.261. The summed E-state index contributed by atoms with van der Waals surface area (Å²) in [6.45, 7) is 2.07. The summed E-state index contributed by atoms with van der Waals surface area (Å²) in [5.41, 5.74) is 1.52. The SMILES string of the molecule is COc1cc(S(=O)(=O)Nc2ccsc2CC(=O)N2CCOCC2)ccc1-c1cccc(F)c1. The van der Waals surface area contributed by atoms with Crippen LogP contribution in [0.25, 0.3) is 11.1 Å². The van der Waals surface area contributed by atoms with E-state index in [-0.39, 0.29) is 17.2 Å². The third-order valence-corrected chi connectivity index (χ3v) is 7.57. The Balaban J connectivity index is 1.55. The van der Waals surface area contributed by atoms with Crippen molar-refractivity contribution < 1.29 is 27.1 Å². The molecule has 33 heavy (non-hydrogen) atoms. The van der Waals surface area contributed by atoms with Crippen LogP contribution < -0.4 is 9.46 Å². The van der Waals surface area contributed by atoms with E-state index in [0.717, 1.165) is 0 Å². The maximum absolute atomic E-state index is 13.6. The Kier molecular flexibility index (Phi) is 6.96. The third-order valence-electron chi connectivity index (χ3n) is 5.28. The highest BCUT2D eigenvalue weighted by molar-refractivity contribution is 7.92. The van der Waals surface area contributed by atoms with Gasteiger partial charge in [-0.2, -0.15) is 0 Å². The van der Waals surface area contributed by atoms with Gasteiger partial charge in [-0.1, -0.05) is 12.1 Å². The predicted octanol–water partition coefficient (Wildman–Crippen LogP) is 3.76. The highest BCUT2D eigenvalue weighted by Gasteiger charge is 2.22. The van der Waals surface area contributed by atoms with E-state index in [1.807, 2.05) is 0 Å². The molecule has 0 aliphatic carbocycles. The van der Waals surface area contributed by atoms with Crippen molar-refractivity contribution in [2.75, 3.05) is 38.1 Å². The second-order valence-electron chi connectivity index (χ2n) is 7.41. The largest absolute Gasteiger partial charge is 0.496 e. The second-order valence-corrected chi connectivity index (χ2v) is 10.1. The standard InChI is InChI=1S/C23H23FN2O5S2/c1-30-21-14-18(5-6-19(21)16-3-2-4-17(24)13-16)33(28,29)25-20-7-12-32-22(20)15-23(27)26-8-10-31-11-9-26/h2-7,12-14,25H,8-11,15H2,1H3. The summed E-state index contributed by atoms with van der Waals surface area (Å²) in [6.07, 6.45) is 0.108. The molecule has 0 radical (unpaired) electrons. The Morgan fingerprint density at radius 3 is 2.70 bits per heavy atom. The molecular formula is C23H23FN2O5S2. The quantitative estimate of drug-likeness (QED) is 0.545. The molecule has 0 atom stereocenters. The summed E-state index contributed by atoms with van der Waals surface area (Å²) in [6, 6.07) is 12.0. The van der Waals surface area contributed by atoms with Gasteiger partial charge in [0.1, 0.15) is 11.6 Å². The van der Waals surface area contributed by atoms with Gasteiger partial charge >= 0.3 is 0 Å². The molecule has 0 unspecified atom stereocenters. The highest BCUT2D eigenvalue weighted by atomic mass is 32.2. The molecule has 1 aromatic heterocycles. The average Bonchev–Trinajstić information content (AvgIpc) is 3.24. The van der Waals surface area contributed by atoms with Gasteiger partial charge < -0.3 is 14.4 Å². The molecule has 1 amide bonds. The lowest BCUT2D eigenvalue weighted by molar-refractivity contribution is -0.134. The van der Waals surface area contributed by atoms with Gasteiger partial charge in [0.15, 0.2) is 0 Å². The number of morpholine rings is 1. The molecule has 1 aliphatic heterocycles. The van der Waals surface area contributed by atoms with Crippen LogP contribution in [0.3, 0.4) is 0 Å². The molecule has 1 saturated heterocycles. The number of nitrogens with one attached hydrogen (secondary N) is 1. The summed E-state index contributed by atoms with van der Waals surface area (Å²) in [4.78, 5) is 14.9. The van der Waals surface area contributed by atoms with Crippen LogP contribution >= 0.6 is 11.3 Å². The molecule has 2 aromatic carbocycles. The van der Waals surface area contributed by atoms with Gasteiger partial charge in [0.05, 0.1) is 37.3 Å². The Morgan fingerprint density at radius 2 is 1.97 bits per heavy atom. The number of anilines is 1. The molecular weight excluding hydrogens is 467 g/mol. The normalized spacial score (nSPS) is 14.2. The number of methoxy groups -OCH3 is 1. The van der Waals surface area contributed by atoms with Crippen LogP contribution in [-0.2, 0) is 26.0 Å². The average molecular weight is 491 g/mol. The lowest BCUT2D eigenvalue weighted by atomic mass is 10.0. The van der Waals surface area contributed by atoms with E-state index in [9.17, 15) is 17.6 Å². The number of thiophene rings is 1. The number of carbonyl (C=O) groups is 1. The molecule has 1 N–H and O–H groups in total. The van der Waals surface area contributed by atoms with Crippen LogP contribution in [0.1, 0.15) is 4.88 Å². The van der Waals surface area contributed by atoms with Crippen LogP contribution in [0, 0.1) is 5.82 Å². The van der Waals surface area contributed by atoms with E-state index in [2.05, 4.69) is 4.72 Å². The van der Waals surface area contributed by atoms with Gasteiger partial charge in [0, 0.05) is 29.6 Å². The van der Waals surface area contributed by atoms with E-state index in [1.54, 1.807) is 34.5 Å². The topological polar surface area (TPSA) is 84.9 Å². The van der Waals surface area contributed by atoms with Gasteiger partial charge in [0.2, 0.25) is 5.91 Å². The summed E-state index contributed by atoms with van der Waals surface area (Å²) in [5, 5.41) is 1.74. The molecule has 1 fully saturated rings. The lowest BCUT2D eigenvalue weighted by Gasteiger charge is -2.26. The van der Waals surface area contributed by atoms with Crippen molar-refractivity contribution in [1.82, 2.24) is 4.90 Å². The Bertz CT molecular complexity index is 1250. The van der Waals surface area contributed by atoms with Crippen molar-refractivity contribution in [3.8, 4) is 16.9 Å². The first-order chi connectivity index (χ1) is 15.9. The zero-order chi connectivity index (χ0) is 23.4. The molecule has 10 heteroatoms. The fourth-order valence-electron chi connectivity index (χ4n) is 3.57. The first-order valence-corrected chi connectivity index (χ1v) is 12.6. The molecule has 3 aromatic rings. The molecule has 1 aliphatic rings. The van der Waals surface area contributed by atoms with E-state index in [4.69, 9.17) is 9.47 Å². The number of benzene rings is 2. The van der Waals surface area contributed by atoms with E-state index >= 15 is 0 Å². The molecule has 0 bridgehead atoms. The van der Waals surface area contributed by atoms with Crippen LogP contribution in [0.15, 0.2) is 58.8 Å². The Hall–Kier alpha value is -2.95. The van der Waals surface area contributed by atoms with Gasteiger partial charge in [0.25, 0.3) is 10.0 Å². The molecule has 174 valence electrons. The number of nitrogens with zero attached hydrogens (tertiary/aromatic N) is 1. The minimum absolute atomic E-state index is 0.00356. The number of hydrogen-bond donors (Lipinski definition) is 1. The van der Waals surface area contributed by atoms with Crippen molar-refractivity contribution in [3.63, 3.8) is 0 Å². The van der Waals surface area contributed by atoms with Crippen LogP contribution in [-0.4, -0.2) is 52.6 Å². The number of hydrogen-bond acceptors (Lipinski definition) is 6. The predicted molar refractivity (Wildman–Crippen MR) is 125 cm³/mol. The monoisotopic (exact) mass is 490 g/mol. The number of sulfonamides is 1. The summed E-state index contributed by atoms with van der Waals surface area (Å²) >= 11 is 1.32. The Labute approximate surface area is 195 Å². The minimum atomic E-state index is -3.95. The zero-order valence-corrected chi connectivity index (χ0v) is 19.5. The smallest absolute Gasteiger partial charge is 0.262 e. The molecule has 7 nitrogen and oxygen atoms in total. The van der Waals surface area contributed by atoms with Gasteiger partial charge in [-0.3, -0.25) is 9.52 Å². The first kappa shape index (κ1) is 23.2. The lowest BCUT2D eigenvalue weighted by Crippen LogP contribution is -2.41. The Morgan fingerprint density at radius 1 is 1.18 bits per heavy atom. The number of carbonyl (C=O) groups excluding carboxylic acids is 1. The van der Waals surface area contributed by atoms with Gasteiger partial charge in [-0.25, -0.2) is 12.8 Å². The summed E-state index contributed by atoms with van der Waals surface area (Å²) in [5.74, 6) is -0.164. The van der Waals surface area contributed by atoms with Crippen molar-refractivity contribution in [2.45, 2.75) is 11.3 Å². The summed E-state index contributed by atoms with van der Waals surface area (Å²) < 4.78 is 53.0. The second kappa shape index (κ2) is 9.90. The van der Waals surface area contributed by atoms with Crippen LogP contribution in [0.4, 0.5) is 10.1 Å². The zero-order valence-electron chi connectivity index (χ0n) is 17.9. The van der Waals surface area contributed by atoms with Crippen molar-refractivity contribution >= 4 is 33.0 Å². The van der Waals surface area contributed by atoms with E-state index < -0.39 is 15.8 Å². The minimum Gasteiger partial charge on any atom is -0.496 e. The maximum atomic E-state index is 13.6. The molecule has 0 spiro atoms. The third kappa shape index (κ3) is 5.35. The molecule has 4 rings (SSSR count). The van der Waals surface area contributed by atoms with E-state index in [1.165, 1.54) is 42.7 Å². The van der Waals surface area contributed by atoms with Gasteiger partial charge in [-0.05, 0) is 41.3 Å². The number of rotatable bonds is 7. The van der Waals surface area contributed by atoms with Crippen molar-refractivity contribution in [1.29, 1.82) is 0 Å². The number of amides is 1. The highest BCUT2D eigenvalue weighted by Crippen LogP contribution is 2.33. The van der Waals surface area contributed by atoms with Crippen LogP contribution in [0.2, 0.25) is 0 Å². The molecule has 2 heterocycles. The number of halogens is 1. The first-order valence-electron chi connectivity index (χ1n) is 10.3. The summed E-state index contributed by atoms with van der Waals surface area (Å²) in [7, 11) is -2.52. The van der Waals surface area contributed by atoms with Crippen molar-refractivity contribution in [3.05, 3.63) is 64.6 Å². The fourth-order valence-corrected chi connectivity index (χ4v) is 5.56. The molecule has 0 saturated carbocycles. The maximum Gasteiger partial charge on any atom is 0.262 e. The number of ether oxygens (including phenoxy) is 2. The van der Waals surface area contributed by atoms with Crippen molar-refractivity contribution in [2.24, 2.45) is 0 Å².